The molecular weight excluding hydrogens is 450 g/mol. The minimum atomic E-state index is -0.787. The van der Waals surface area contributed by atoms with Crippen LogP contribution in [0.1, 0.15) is 24.0 Å². The van der Waals surface area contributed by atoms with Crippen LogP contribution in [0.4, 0.5) is 0 Å². The van der Waals surface area contributed by atoms with E-state index in [1.165, 1.54) is 0 Å². The number of carboxylic acid groups (broad SMARTS) is 1. The van der Waals surface area contributed by atoms with Gasteiger partial charge in [0, 0.05) is 40.4 Å². The maximum Gasteiger partial charge on any atom is 0.306 e. The minimum Gasteiger partial charge on any atom is -0.481 e. The SMILES string of the molecule is C=C(C(=O)N1CCC(C(=O)O)CC1)c1ccc(Sc2ccc3c(c2)CCOO3)c2ccccc12. The van der Waals surface area contributed by atoms with Crippen molar-refractivity contribution >= 4 is 40.0 Å². The summed E-state index contributed by atoms with van der Waals surface area (Å²) >= 11 is 1.67. The number of benzene rings is 3. The van der Waals surface area contributed by atoms with Crippen molar-refractivity contribution in [2.75, 3.05) is 19.7 Å². The first-order chi connectivity index (χ1) is 16.5. The Morgan fingerprint density at radius 2 is 1.79 bits per heavy atom. The molecule has 0 spiro atoms. The largest absolute Gasteiger partial charge is 0.481 e. The second kappa shape index (κ2) is 9.52. The molecule has 0 aliphatic carbocycles. The summed E-state index contributed by atoms with van der Waals surface area (Å²) in [5, 5.41) is 11.3. The van der Waals surface area contributed by atoms with Crippen molar-refractivity contribution in [1.82, 2.24) is 4.90 Å². The summed E-state index contributed by atoms with van der Waals surface area (Å²) in [6, 6.07) is 18.1. The first-order valence-corrected chi connectivity index (χ1v) is 12.2. The summed E-state index contributed by atoms with van der Waals surface area (Å²) < 4.78 is 0. The summed E-state index contributed by atoms with van der Waals surface area (Å²) in [4.78, 5) is 38.6. The number of fused-ring (bicyclic) bond motifs is 2. The van der Waals surface area contributed by atoms with Crippen LogP contribution in [0.25, 0.3) is 16.3 Å². The monoisotopic (exact) mass is 475 g/mol. The van der Waals surface area contributed by atoms with E-state index in [1.54, 1.807) is 16.7 Å². The van der Waals surface area contributed by atoms with Crippen molar-refractivity contribution < 1.29 is 24.5 Å². The molecule has 7 heteroatoms. The normalized spacial score (nSPS) is 16.1. The number of carboxylic acids is 1. The van der Waals surface area contributed by atoms with Crippen molar-refractivity contribution in [1.29, 1.82) is 0 Å². The fraction of sp³-hybridized carbons (Fsp3) is 0.259. The number of hydrogen-bond acceptors (Lipinski definition) is 5. The van der Waals surface area contributed by atoms with Crippen molar-refractivity contribution in [2.24, 2.45) is 5.92 Å². The predicted molar refractivity (Wildman–Crippen MR) is 131 cm³/mol. The Hall–Kier alpha value is -3.29. The molecule has 3 aromatic rings. The maximum atomic E-state index is 13.2. The molecule has 0 aromatic heterocycles. The van der Waals surface area contributed by atoms with Gasteiger partial charge in [0.25, 0.3) is 5.91 Å². The third-order valence-electron chi connectivity index (χ3n) is 6.46. The van der Waals surface area contributed by atoms with Crippen LogP contribution in [0.2, 0.25) is 0 Å². The summed E-state index contributed by atoms with van der Waals surface area (Å²) in [6.45, 7) is 5.55. The molecule has 174 valence electrons. The molecule has 34 heavy (non-hydrogen) atoms. The van der Waals surface area contributed by atoms with Gasteiger partial charge in [-0.1, -0.05) is 48.7 Å². The molecule has 0 atom stereocenters. The van der Waals surface area contributed by atoms with Crippen molar-refractivity contribution in [3.63, 3.8) is 0 Å². The Labute approximate surface area is 202 Å². The molecule has 2 heterocycles. The molecule has 6 nitrogen and oxygen atoms in total. The lowest BCUT2D eigenvalue weighted by Crippen LogP contribution is -2.40. The van der Waals surface area contributed by atoms with E-state index < -0.39 is 5.97 Å². The quantitative estimate of drug-likeness (QED) is 0.404. The summed E-state index contributed by atoms with van der Waals surface area (Å²) in [7, 11) is 0. The number of nitrogens with zero attached hydrogens (tertiary/aromatic N) is 1. The van der Waals surface area contributed by atoms with Gasteiger partial charge in [0.05, 0.1) is 12.5 Å². The molecule has 5 rings (SSSR count). The maximum absolute atomic E-state index is 13.2. The molecule has 1 saturated heterocycles. The molecule has 2 aliphatic heterocycles. The van der Waals surface area contributed by atoms with Gasteiger partial charge in [-0.05, 0) is 53.4 Å². The zero-order valence-corrected chi connectivity index (χ0v) is 19.5. The molecule has 0 unspecified atom stereocenters. The van der Waals surface area contributed by atoms with E-state index in [1.807, 2.05) is 42.5 Å². The smallest absolute Gasteiger partial charge is 0.306 e. The van der Waals surface area contributed by atoms with Gasteiger partial charge in [0.1, 0.15) is 0 Å². The topological polar surface area (TPSA) is 76.1 Å². The molecule has 0 saturated carbocycles. The molecule has 1 N–H and O–H groups in total. The van der Waals surface area contributed by atoms with Gasteiger partial charge < -0.3 is 14.9 Å². The van der Waals surface area contributed by atoms with Crippen molar-refractivity contribution in [3.05, 3.63) is 72.3 Å². The lowest BCUT2D eigenvalue weighted by Gasteiger charge is -2.31. The fourth-order valence-corrected chi connectivity index (χ4v) is 5.55. The number of piperidine rings is 1. The Morgan fingerprint density at radius 3 is 2.56 bits per heavy atom. The van der Waals surface area contributed by atoms with Crippen molar-refractivity contribution in [3.8, 4) is 5.75 Å². The number of aliphatic carboxylic acids is 1. The van der Waals surface area contributed by atoms with E-state index >= 15 is 0 Å². The standard InChI is InChI=1S/C27H25NO5S/c1-17(26(29)28-13-10-18(11-14-28)27(30)31)21-7-9-25(23-5-3-2-4-22(21)23)34-20-6-8-24-19(16-20)12-15-32-33-24/h2-9,16,18H,1,10-15H2,(H,30,31). The molecule has 1 fully saturated rings. The predicted octanol–water partition coefficient (Wildman–Crippen LogP) is 5.19. The molecule has 3 aromatic carbocycles. The van der Waals surface area contributed by atoms with E-state index in [9.17, 15) is 14.7 Å². The van der Waals surface area contributed by atoms with Gasteiger partial charge in [-0.25, -0.2) is 0 Å². The van der Waals surface area contributed by atoms with Crippen LogP contribution < -0.4 is 4.89 Å². The van der Waals surface area contributed by atoms with E-state index in [0.717, 1.165) is 43.9 Å². The summed E-state index contributed by atoms with van der Waals surface area (Å²) in [5.74, 6) is -0.536. The average molecular weight is 476 g/mol. The number of likely N-dealkylation sites (tertiary alicyclic amines) is 1. The second-order valence-electron chi connectivity index (χ2n) is 8.57. The fourth-order valence-electron chi connectivity index (χ4n) is 4.54. The molecule has 0 bridgehead atoms. The summed E-state index contributed by atoms with van der Waals surface area (Å²) in [6.07, 6.45) is 1.76. The lowest BCUT2D eigenvalue weighted by atomic mass is 9.94. The highest BCUT2D eigenvalue weighted by molar-refractivity contribution is 7.99. The Morgan fingerprint density at radius 1 is 1.03 bits per heavy atom. The number of amides is 1. The minimum absolute atomic E-state index is 0.133. The van der Waals surface area contributed by atoms with E-state index in [4.69, 9.17) is 9.78 Å². The van der Waals surface area contributed by atoms with Gasteiger partial charge in [0.2, 0.25) is 0 Å². The number of hydrogen-bond donors (Lipinski definition) is 1. The van der Waals surface area contributed by atoms with Crippen molar-refractivity contribution in [2.45, 2.75) is 29.1 Å². The van der Waals surface area contributed by atoms with Crippen LogP contribution in [0.5, 0.6) is 5.75 Å². The Kier molecular flexibility index (Phi) is 6.30. The first-order valence-electron chi connectivity index (χ1n) is 11.3. The highest BCUT2D eigenvalue weighted by Crippen LogP contribution is 2.39. The number of carbonyl (C=O) groups excluding carboxylic acids is 1. The average Bonchev–Trinajstić information content (AvgIpc) is 2.88. The summed E-state index contributed by atoms with van der Waals surface area (Å²) in [5.41, 5.74) is 2.37. The van der Waals surface area contributed by atoms with Crippen LogP contribution in [-0.4, -0.2) is 41.6 Å². The van der Waals surface area contributed by atoms with E-state index in [0.29, 0.717) is 38.1 Å². The van der Waals surface area contributed by atoms with Crippen LogP contribution in [0, 0.1) is 5.92 Å². The molecule has 0 radical (unpaired) electrons. The van der Waals surface area contributed by atoms with E-state index in [-0.39, 0.29) is 11.8 Å². The van der Waals surface area contributed by atoms with Gasteiger partial charge in [-0.3, -0.25) is 9.59 Å². The highest BCUT2D eigenvalue weighted by Gasteiger charge is 2.28. The zero-order chi connectivity index (χ0) is 23.7. The van der Waals surface area contributed by atoms with Gasteiger partial charge in [-0.15, -0.1) is 0 Å². The van der Waals surface area contributed by atoms with Gasteiger partial charge >= 0.3 is 5.97 Å². The van der Waals surface area contributed by atoms with E-state index in [2.05, 4.69) is 18.7 Å². The highest BCUT2D eigenvalue weighted by atomic mass is 32.2. The Bertz CT molecular complexity index is 1280. The van der Waals surface area contributed by atoms with Crippen LogP contribution in [0.3, 0.4) is 0 Å². The van der Waals surface area contributed by atoms with Gasteiger partial charge in [-0.2, -0.15) is 4.89 Å². The third kappa shape index (κ3) is 4.41. The van der Waals surface area contributed by atoms with Crippen LogP contribution >= 0.6 is 11.8 Å². The molecule has 1 amide bonds. The van der Waals surface area contributed by atoms with Crippen LogP contribution in [0.15, 0.2) is 71.0 Å². The molecular formula is C27H25NO5S. The third-order valence-corrected chi connectivity index (χ3v) is 7.53. The van der Waals surface area contributed by atoms with Gasteiger partial charge in [0.15, 0.2) is 5.75 Å². The Balaban J connectivity index is 1.40. The first kappa shape index (κ1) is 22.5. The zero-order valence-electron chi connectivity index (χ0n) is 18.7. The lowest BCUT2D eigenvalue weighted by molar-refractivity contribution is -0.215. The molecule has 2 aliphatic rings. The number of rotatable bonds is 5. The number of carbonyl (C=O) groups is 2. The van der Waals surface area contributed by atoms with Crippen LogP contribution in [-0.2, 0) is 20.9 Å². The second-order valence-corrected chi connectivity index (χ2v) is 9.68.